The molecule has 4 heteroatoms. The van der Waals surface area contributed by atoms with Crippen molar-refractivity contribution >= 4 is 10.9 Å². The van der Waals surface area contributed by atoms with Crippen LogP contribution in [0.15, 0.2) is 61.3 Å². The molecule has 0 spiro atoms. The molecule has 4 nitrogen and oxygen atoms in total. The number of rotatable bonds is 6. The van der Waals surface area contributed by atoms with E-state index >= 15 is 0 Å². The summed E-state index contributed by atoms with van der Waals surface area (Å²) in [5, 5.41) is 13.2. The molecule has 0 saturated carbocycles. The van der Waals surface area contributed by atoms with Crippen LogP contribution >= 0.6 is 0 Å². The highest BCUT2D eigenvalue weighted by Crippen LogP contribution is 2.49. The second kappa shape index (κ2) is 10.1. The summed E-state index contributed by atoms with van der Waals surface area (Å²) in [6.45, 7) is 20.9. The summed E-state index contributed by atoms with van der Waals surface area (Å²) in [4.78, 5) is 4.57. The minimum Gasteiger partial charge on any atom is -0.496 e. The molecule has 3 aromatic rings. The van der Waals surface area contributed by atoms with Gasteiger partial charge in [0.2, 0.25) is 0 Å². The largest absolute Gasteiger partial charge is 0.496 e. The van der Waals surface area contributed by atoms with Gasteiger partial charge in [-0.1, -0.05) is 65.8 Å². The third-order valence-corrected chi connectivity index (χ3v) is 9.51. The first-order chi connectivity index (χ1) is 18.4. The van der Waals surface area contributed by atoms with E-state index in [2.05, 4.69) is 77.4 Å². The monoisotopic (exact) mass is 527 g/mol. The zero-order valence-corrected chi connectivity index (χ0v) is 25.0. The number of quaternary nitrogens is 1. The number of nitrogens with zero attached hydrogens (tertiary/aromatic N) is 2. The second-order valence-electron chi connectivity index (χ2n) is 14.1. The Labute approximate surface area is 235 Å². The van der Waals surface area contributed by atoms with Gasteiger partial charge >= 0.3 is 0 Å². The summed E-state index contributed by atoms with van der Waals surface area (Å²) in [6.07, 6.45) is 5.68. The van der Waals surface area contributed by atoms with Gasteiger partial charge in [-0.3, -0.25) is 4.98 Å². The van der Waals surface area contributed by atoms with Crippen molar-refractivity contribution in [2.24, 2.45) is 11.8 Å². The smallest absolute Gasteiger partial charge is 0.131 e. The lowest BCUT2D eigenvalue weighted by Gasteiger charge is -2.58. The molecule has 1 N–H and O–H groups in total. The predicted octanol–water partition coefficient (Wildman–Crippen LogP) is 7.48. The lowest BCUT2D eigenvalue weighted by atomic mass is 9.70. The van der Waals surface area contributed by atoms with Gasteiger partial charge in [-0.2, -0.15) is 0 Å². The van der Waals surface area contributed by atoms with E-state index in [1.807, 2.05) is 30.5 Å². The first-order valence-corrected chi connectivity index (χ1v) is 14.6. The van der Waals surface area contributed by atoms with Crippen LogP contribution in [0, 0.1) is 11.8 Å². The predicted molar refractivity (Wildman–Crippen MR) is 161 cm³/mol. The molecule has 208 valence electrons. The number of hydrogen-bond acceptors (Lipinski definition) is 3. The number of hydrogen-bond donors (Lipinski definition) is 1. The topological polar surface area (TPSA) is 42.4 Å². The van der Waals surface area contributed by atoms with Crippen molar-refractivity contribution in [2.45, 2.75) is 83.9 Å². The first kappa shape index (κ1) is 27.9. The number of aromatic nitrogens is 1. The Morgan fingerprint density at radius 1 is 1.08 bits per heavy atom. The van der Waals surface area contributed by atoms with Crippen molar-refractivity contribution in [2.75, 3.05) is 20.2 Å². The molecule has 1 aromatic heterocycles. The van der Waals surface area contributed by atoms with Gasteiger partial charge in [0, 0.05) is 47.0 Å². The Kier molecular flexibility index (Phi) is 7.18. The van der Waals surface area contributed by atoms with Crippen molar-refractivity contribution in [1.29, 1.82) is 0 Å². The zero-order chi connectivity index (χ0) is 28.2. The van der Waals surface area contributed by atoms with Gasteiger partial charge in [-0.25, -0.2) is 0 Å². The van der Waals surface area contributed by atoms with Crippen LogP contribution in [-0.2, 0) is 17.4 Å². The fourth-order valence-electron chi connectivity index (χ4n) is 7.44. The molecule has 3 fully saturated rings. The first-order valence-electron chi connectivity index (χ1n) is 14.6. The Hall–Kier alpha value is -2.69. The molecule has 0 amide bonds. The Balaban J connectivity index is 1.62. The number of aliphatic hydroxyl groups is 1. The molecule has 3 saturated heterocycles. The number of piperidine rings is 3. The number of methoxy groups -OCH3 is 1. The molecule has 4 heterocycles. The summed E-state index contributed by atoms with van der Waals surface area (Å²) >= 11 is 0. The molecule has 39 heavy (non-hydrogen) atoms. The molecule has 2 aromatic carbocycles. The Morgan fingerprint density at radius 3 is 2.36 bits per heavy atom. The maximum atomic E-state index is 12.1. The van der Waals surface area contributed by atoms with E-state index in [1.165, 1.54) is 23.1 Å². The number of ether oxygens (including phenoxy) is 1. The minimum absolute atomic E-state index is 0.0469. The van der Waals surface area contributed by atoms with Gasteiger partial charge in [-0.15, -0.1) is 6.58 Å². The summed E-state index contributed by atoms with van der Waals surface area (Å²) < 4.78 is 6.96. The minimum atomic E-state index is -0.547. The van der Waals surface area contributed by atoms with Crippen LogP contribution in [0.25, 0.3) is 10.9 Å². The molecule has 0 unspecified atom stereocenters. The second-order valence-corrected chi connectivity index (χ2v) is 14.1. The van der Waals surface area contributed by atoms with E-state index in [1.54, 1.807) is 7.11 Å². The van der Waals surface area contributed by atoms with Crippen LogP contribution in [0.3, 0.4) is 0 Å². The van der Waals surface area contributed by atoms with Crippen LogP contribution in [0.2, 0.25) is 0 Å². The Bertz CT molecular complexity index is 1320. The summed E-state index contributed by atoms with van der Waals surface area (Å²) in [5.74, 6) is 2.08. The third-order valence-electron chi connectivity index (χ3n) is 9.51. The van der Waals surface area contributed by atoms with Crippen molar-refractivity contribution in [3.05, 3.63) is 83.6 Å². The van der Waals surface area contributed by atoms with Crippen LogP contribution in [0.4, 0.5) is 0 Å². The molecular weight excluding hydrogens is 480 g/mol. The van der Waals surface area contributed by atoms with Crippen molar-refractivity contribution in [3.8, 4) is 5.75 Å². The maximum absolute atomic E-state index is 12.1. The van der Waals surface area contributed by atoms with E-state index in [-0.39, 0.29) is 16.9 Å². The fraction of sp³-hybridized carbons (Fsp3) is 0.514. The van der Waals surface area contributed by atoms with Gasteiger partial charge in [0.1, 0.15) is 24.4 Å². The highest BCUT2D eigenvalue weighted by atomic mass is 16.5. The summed E-state index contributed by atoms with van der Waals surface area (Å²) in [6, 6.07) is 15.1. The van der Waals surface area contributed by atoms with Crippen LogP contribution in [0.5, 0.6) is 5.75 Å². The van der Waals surface area contributed by atoms with Gasteiger partial charge in [0.05, 0.1) is 25.7 Å². The summed E-state index contributed by atoms with van der Waals surface area (Å²) in [5.41, 5.74) is 5.71. The molecule has 3 aliphatic rings. The van der Waals surface area contributed by atoms with Crippen LogP contribution in [0.1, 0.15) is 82.7 Å². The van der Waals surface area contributed by atoms with Gasteiger partial charge < -0.3 is 14.3 Å². The quantitative estimate of drug-likeness (QED) is 0.267. The fourth-order valence-corrected chi connectivity index (χ4v) is 7.44. The van der Waals surface area contributed by atoms with E-state index in [0.717, 1.165) is 52.8 Å². The van der Waals surface area contributed by atoms with E-state index in [9.17, 15) is 5.11 Å². The average molecular weight is 528 g/mol. The van der Waals surface area contributed by atoms with Crippen molar-refractivity contribution < 1.29 is 14.3 Å². The Morgan fingerprint density at radius 2 is 1.74 bits per heavy atom. The van der Waals surface area contributed by atoms with E-state index in [0.29, 0.717) is 11.8 Å². The lowest BCUT2D eigenvalue weighted by molar-refractivity contribution is -0.984. The molecule has 2 bridgehead atoms. The lowest BCUT2D eigenvalue weighted by Crippen LogP contribution is -2.67. The molecular formula is C35H47N2O2+. The SMILES string of the molecule is C=C[C@H]1C[N@+]2(Cc3cc(C(C)(C)C)c(OC)c(C(C)(C)C)c3)CC[C@H]1C[C@@H]2[C@@H](O)c1ccnc2ccccc12. The van der Waals surface area contributed by atoms with E-state index < -0.39 is 6.10 Å². The average Bonchev–Trinajstić information content (AvgIpc) is 2.90. The molecule has 0 aliphatic carbocycles. The highest BCUT2D eigenvalue weighted by molar-refractivity contribution is 5.82. The van der Waals surface area contributed by atoms with Gasteiger partial charge in [-0.05, 0) is 46.6 Å². The van der Waals surface area contributed by atoms with Crippen LogP contribution in [-0.4, -0.2) is 40.8 Å². The normalized spacial score (nSPS) is 26.0. The number of fused-ring (bicyclic) bond motifs is 4. The number of para-hydroxylation sites is 1. The summed E-state index contributed by atoms with van der Waals surface area (Å²) in [7, 11) is 1.80. The van der Waals surface area contributed by atoms with Gasteiger partial charge in [0.25, 0.3) is 0 Å². The molecule has 3 aliphatic heterocycles. The zero-order valence-electron chi connectivity index (χ0n) is 25.0. The van der Waals surface area contributed by atoms with Crippen molar-refractivity contribution in [3.63, 3.8) is 0 Å². The van der Waals surface area contributed by atoms with Gasteiger partial charge in [0.15, 0.2) is 0 Å². The standard InChI is InChI=1S/C35H47N2O2/c1-9-24-22-37(21-23-18-28(34(2,3)4)33(39-8)29(19-23)35(5,6)7)17-15-25(24)20-31(37)32(38)27-14-16-36-30-13-11-10-12-26(27)30/h9-14,16,18-19,24-25,31-32,38H,1,15,17,20-22H2,2-8H3/q+1/t24-,25-,31+,32-,37+/m0/s1. The molecule has 0 radical (unpaired) electrons. The molecule has 6 rings (SSSR count). The highest BCUT2D eigenvalue weighted by Gasteiger charge is 2.54. The number of aliphatic hydroxyl groups excluding tert-OH is 1. The van der Waals surface area contributed by atoms with Crippen LogP contribution < -0.4 is 4.74 Å². The third kappa shape index (κ3) is 5.02. The van der Waals surface area contributed by atoms with E-state index in [4.69, 9.17) is 4.74 Å². The molecule has 5 atom stereocenters. The number of pyridine rings is 1. The van der Waals surface area contributed by atoms with Crippen molar-refractivity contribution in [1.82, 2.24) is 4.98 Å². The maximum Gasteiger partial charge on any atom is 0.131 e. The number of benzene rings is 2.